The molecule has 22 heavy (non-hydrogen) atoms. The molecular formula is C16H19BrN4O. The summed E-state index contributed by atoms with van der Waals surface area (Å²) in [6.45, 7) is 5.82. The van der Waals surface area contributed by atoms with Gasteiger partial charge >= 0.3 is 0 Å². The van der Waals surface area contributed by atoms with E-state index in [2.05, 4.69) is 50.6 Å². The van der Waals surface area contributed by atoms with Gasteiger partial charge in [-0.15, -0.1) is 0 Å². The Morgan fingerprint density at radius 1 is 1.41 bits per heavy atom. The van der Waals surface area contributed by atoms with Gasteiger partial charge in [-0.1, -0.05) is 29.8 Å². The Balaban J connectivity index is 1.87. The van der Waals surface area contributed by atoms with Crippen molar-refractivity contribution in [1.82, 2.24) is 15.5 Å². The molecule has 0 radical (unpaired) electrons. The van der Waals surface area contributed by atoms with E-state index < -0.39 is 0 Å². The van der Waals surface area contributed by atoms with Gasteiger partial charge in [-0.25, -0.2) is 0 Å². The molecule has 5 nitrogen and oxygen atoms in total. The van der Waals surface area contributed by atoms with Crippen LogP contribution in [0.2, 0.25) is 0 Å². The first kappa shape index (κ1) is 15.2. The number of nitrogens with one attached hydrogen (secondary N) is 3. The largest absolute Gasteiger partial charge is 0.320 e. The molecule has 1 aliphatic heterocycles. The predicted molar refractivity (Wildman–Crippen MR) is 90.2 cm³/mol. The number of hydrogen-bond donors (Lipinski definition) is 3. The van der Waals surface area contributed by atoms with E-state index in [1.165, 1.54) is 0 Å². The van der Waals surface area contributed by atoms with Crippen molar-refractivity contribution in [2.45, 2.75) is 32.7 Å². The lowest BCUT2D eigenvalue weighted by Crippen LogP contribution is -2.25. The normalized spacial score (nSPS) is 14.0. The fourth-order valence-corrected chi connectivity index (χ4v) is 3.10. The van der Waals surface area contributed by atoms with E-state index in [1.54, 1.807) is 0 Å². The molecule has 116 valence electrons. The van der Waals surface area contributed by atoms with E-state index in [4.69, 9.17) is 0 Å². The minimum Gasteiger partial charge on any atom is -0.320 e. The van der Waals surface area contributed by atoms with Crippen molar-refractivity contribution in [3.63, 3.8) is 0 Å². The topological polar surface area (TPSA) is 69.8 Å². The lowest BCUT2D eigenvalue weighted by Gasteiger charge is -2.15. The van der Waals surface area contributed by atoms with Crippen LogP contribution in [0.4, 0.5) is 5.69 Å². The van der Waals surface area contributed by atoms with Crippen LogP contribution in [0.15, 0.2) is 22.7 Å². The van der Waals surface area contributed by atoms with E-state index >= 15 is 0 Å². The minimum absolute atomic E-state index is 0.162. The first-order valence-corrected chi connectivity index (χ1v) is 8.23. The molecule has 1 aromatic heterocycles. The van der Waals surface area contributed by atoms with Crippen molar-refractivity contribution in [2.24, 2.45) is 0 Å². The van der Waals surface area contributed by atoms with Crippen molar-refractivity contribution in [3.05, 3.63) is 45.2 Å². The molecule has 0 spiro atoms. The van der Waals surface area contributed by atoms with Gasteiger partial charge in [-0.05, 0) is 29.7 Å². The summed E-state index contributed by atoms with van der Waals surface area (Å²) in [6.07, 6.45) is 0.880. The quantitative estimate of drug-likeness (QED) is 0.785. The number of H-pyrrole nitrogens is 1. The SMILES string of the molecule is CC(C)c1cc(Br)ccc1NC(=O)c1n[nH]c2c1CNCC2. The number of amides is 1. The van der Waals surface area contributed by atoms with Crippen LogP contribution < -0.4 is 10.6 Å². The zero-order valence-electron chi connectivity index (χ0n) is 12.7. The third kappa shape index (κ3) is 2.94. The summed E-state index contributed by atoms with van der Waals surface area (Å²) in [6, 6.07) is 5.90. The standard InChI is InChI=1S/C16H19BrN4O/c1-9(2)11-7-10(17)3-4-13(11)19-16(22)15-12-8-18-6-5-14(12)20-21-15/h3-4,7,9,18H,5-6,8H2,1-2H3,(H,19,22)(H,20,21). The number of hydrogen-bond acceptors (Lipinski definition) is 3. The fraction of sp³-hybridized carbons (Fsp3) is 0.375. The second-order valence-electron chi connectivity index (χ2n) is 5.80. The van der Waals surface area contributed by atoms with E-state index in [9.17, 15) is 4.79 Å². The third-order valence-corrected chi connectivity index (χ3v) is 4.40. The number of anilines is 1. The summed E-state index contributed by atoms with van der Waals surface area (Å²) in [5.74, 6) is 0.160. The summed E-state index contributed by atoms with van der Waals surface area (Å²) in [5, 5.41) is 13.5. The number of fused-ring (bicyclic) bond motifs is 1. The zero-order valence-corrected chi connectivity index (χ0v) is 14.3. The van der Waals surface area contributed by atoms with E-state index in [1.807, 2.05) is 18.2 Å². The molecule has 2 aromatic rings. The molecule has 0 fully saturated rings. The highest BCUT2D eigenvalue weighted by Crippen LogP contribution is 2.28. The van der Waals surface area contributed by atoms with Gasteiger partial charge in [0.2, 0.25) is 0 Å². The molecule has 2 heterocycles. The molecule has 0 saturated carbocycles. The zero-order chi connectivity index (χ0) is 15.7. The Bertz CT molecular complexity index is 708. The maximum Gasteiger partial charge on any atom is 0.276 e. The minimum atomic E-state index is -0.162. The van der Waals surface area contributed by atoms with Gasteiger partial charge in [0.25, 0.3) is 5.91 Å². The maximum absolute atomic E-state index is 12.6. The number of aromatic amines is 1. The van der Waals surface area contributed by atoms with Gasteiger partial charge in [0.1, 0.15) is 0 Å². The monoisotopic (exact) mass is 362 g/mol. The van der Waals surface area contributed by atoms with Gasteiger partial charge in [-0.2, -0.15) is 5.10 Å². The van der Waals surface area contributed by atoms with Crippen molar-refractivity contribution in [2.75, 3.05) is 11.9 Å². The van der Waals surface area contributed by atoms with Crippen LogP contribution in [0.25, 0.3) is 0 Å². The summed E-state index contributed by atoms with van der Waals surface area (Å²) in [4.78, 5) is 12.6. The summed E-state index contributed by atoms with van der Waals surface area (Å²) >= 11 is 3.48. The summed E-state index contributed by atoms with van der Waals surface area (Å²) in [7, 11) is 0. The molecule has 0 unspecified atom stereocenters. The number of rotatable bonds is 3. The van der Waals surface area contributed by atoms with E-state index in [-0.39, 0.29) is 5.91 Å². The third-order valence-electron chi connectivity index (χ3n) is 3.91. The van der Waals surface area contributed by atoms with Crippen molar-refractivity contribution in [3.8, 4) is 0 Å². The Kier molecular flexibility index (Phi) is 4.31. The number of halogens is 1. The highest BCUT2D eigenvalue weighted by Gasteiger charge is 2.22. The lowest BCUT2D eigenvalue weighted by atomic mass is 10.0. The molecule has 3 N–H and O–H groups in total. The van der Waals surface area contributed by atoms with Crippen LogP contribution in [-0.4, -0.2) is 22.6 Å². The van der Waals surface area contributed by atoms with Crippen molar-refractivity contribution >= 4 is 27.5 Å². The number of carbonyl (C=O) groups is 1. The Labute approximate surface area is 138 Å². The molecule has 0 saturated heterocycles. The Hall–Kier alpha value is -1.66. The summed E-state index contributed by atoms with van der Waals surface area (Å²) < 4.78 is 1.01. The van der Waals surface area contributed by atoms with Crippen LogP contribution in [0.5, 0.6) is 0 Å². The summed E-state index contributed by atoms with van der Waals surface area (Å²) in [5.41, 5.74) is 4.46. The molecule has 0 bridgehead atoms. The van der Waals surface area contributed by atoms with Gasteiger partial charge < -0.3 is 10.6 Å². The number of aromatic nitrogens is 2. The smallest absolute Gasteiger partial charge is 0.276 e. The molecule has 1 aromatic carbocycles. The van der Waals surface area contributed by atoms with Gasteiger partial charge in [0.15, 0.2) is 5.69 Å². The number of benzene rings is 1. The van der Waals surface area contributed by atoms with Gasteiger partial charge in [-0.3, -0.25) is 9.89 Å². The second kappa shape index (κ2) is 6.22. The van der Waals surface area contributed by atoms with Crippen LogP contribution in [0, 0.1) is 0 Å². The van der Waals surface area contributed by atoms with Gasteiger partial charge in [0, 0.05) is 40.9 Å². The van der Waals surface area contributed by atoms with Crippen LogP contribution in [-0.2, 0) is 13.0 Å². The average Bonchev–Trinajstić information content (AvgIpc) is 2.93. The Morgan fingerprint density at radius 3 is 3.00 bits per heavy atom. The highest BCUT2D eigenvalue weighted by molar-refractivity contribution is 9.10. The Morgan fingerprint density at radius 2 is 2.23 bits per heavy atom. The van der Waals surface area contributed by atoms with Crippen LogP contribution >= 0.6 is 15.9 Å². The molecule has 1 amide bonds. The van der Waals surface area contributed by atoms with Gasteiger partial charge in [0.05, 0.1) is 0 Å². The van der Waals surface area contributed by atoms with Crippen molar-refractivity contribution in [1.29, 1.82) is 0 Å². The van der Waals surface area contributed by atoms with Crippen molar-refractivity contribution < 1.29 is 4.79 Å². The van der Waals surface area contributed by atoms with E-state index in [0.29, 0.717) is 18.2 Å². The predicted octanol–water partition coefficient (Wildman–Crippen LogP) is 3.19. The molecule has 0 aliphatic carbocycles. The maximum atomic E-state index is 12.6. The fourth-order valence-electron chi connectivity index (χ4n) is 2.72. The molecule has 3 rings (SSSR count). The first-order chi connectivity index (χ1) is 10.6. The number of carbonyl (C=O) groups excluding carboxylic acids is 1. The molecule has 0 atom stereocenters. The van der Waals surface area contributed by atoms with E-state index in [0.717, 1.165) is 39.9 Å². The number of nitrogens with zero attached hydrogens (tertiary/aromatic N) is 1. The first-order valence-electron chi connectivity index (χ1n) is 7.44. The molecular weight excluding hydrogens is 344 g/mol. The molecule has 1 aliphatic rings. The average molecular weight is 363 g/mol. The highest BCUT2D eigenvalue weighted by atomic mass is 79.9. The second-order valence-corrected chi connectivity index (χ2v) is 6.71. The van der Waals surface area contributed by atoms with Crippen LogP contribution in [0.3, 0.4) is 0 Å². The molecule has 6 heteroatoms. The van der Waals surface area contributed by atoms with Crippen LogP contribution in [0.1, 0.15) is 47.1 Å². The lowest BCUT2D eigenvalue weighted by molar-refractivity contribution is 0.102.